The summed E-state index contributed by atoms with van der Waals surface area (Å²) in [4.78, 5) is 20.4. The van der Waals surface area contributed by atoms with Crippen LogP contribution in [0.3, 0.4) is 0 Å². The van der Waals surface area contributed by atoms with Crippen LogP contribution in [-0.4, -0.2) is 59.6 Å². The van der Waals surface area contributed by atoms with Crippen molar-refractivity contribution in [3.8, 4) is 5.75 Å². The van der Waals surface area contributed by atoms with E-state index < -0.39 is 0 Å². The summed E-state index contributed by atoms with van der Waals surface area (Å²) in [6.07, 6.45) is 1.95. The van der Waals surface area contributed by atoms with E-state index in [-0.39, 0.29) is 23.7 Å². The van der Waals surface area contributed by atoms with Crippen molar-refractivity contribution in [3.05, 3.63) is 107 Å². The number of carbonyl (C=O) groups is 1. The van der Waals surface area contributed by atoms with Crippen LogP contribution in [0.4, 0.5) is 5.69 Å². The van der Waals surface area contributed by atoms with Gasteiger partial charge in [-0.15, -0.1) is 6.58 Å². The average Bonchev–Trinajstić information content (AvgIpc) is 2.87. The fourth-order valence-corrected chi connectivity index (χ4v) is 5.27. The molecule has 1 aliphatic heterocycles. The number of phenolic OH excluding ortho intramolecular Hbond substituents is 1. The number of nitrogens with zero attached hydrogens (tertiary/aromatic N) is 3. The molecule has 36 heavy (non-hydrogen) atoms. The third-order valence-electron chi connectivity index (χ3n) is 7.05. The molecule has 0 radical (unpaired) electrons. The molecule has 1 fully saturated rings. The maximum atomic E-state index is 13.8. The van der Waals surface area contributed by atoms with E-state index in [1.165, 1.54) is 0 Å². The van der Waals surface area contributed by atoms with E-state index in [1.807, 2.05) is 60.7 Å². The highest BCUT2D eigenvalue weighted by Gasteiger charge is 2.36. The summed E-state index contributed by atoms with van der Waals surface area (Å²) in [5.74, 6) is 0.120. The lowest BCUT2D eigenvalue weighted by atomic mass is 9.90. The largest absolute Gasteiger partial charge is 0.508 e. The molecular weight excluding hydrogens is 470 g/mol. The van der Waals surface area contributed by atoms with Crippen LogP contribution in [0.25, 0.3) is 0 Å². The highest BCUT2D eigenvalue weighted by atomic mass is 35.5. The molecule has 0 unspecified atom stereocenters. The van der Waals surface area contributed by atoms with Gasteiger partial charge in [-0.25, -0.2) is 0 Å². The van der Waals surface area contributed by atoms with Gasteiger partial charge in [0.05, 0.1) is 6.04 Å². The van der Waals surface area contributed by atoms with Crippen LogP contribution in [0, 0.1) is 0 Å². The van der Waals surface area contributed by atoms with Crippen LogP contribution in [0.2, 0.25) is 5.02 Å². The molecule has 4 rings (SSSR count). The van der Waals surface area contributed by atoms with Crippen molar-refractivity contribution >= 4 is 23.2 Å². The van der Waals surface area contributed by atoms with Gasteiger partial charge in [0.25, 0.3) is 5.91 Å². The number of benzene rings is 3. The fourth-order valence-electron chi connectivity index (χ4n) is 5.14. The zero-order valence-corrected chi connectivity index (χ0v) is 21.9. The molecule has 1 aliphatic rings. The molecule has 1 N–H and O–H groups in total. The number of hydrogen-bond acceptors (Lipinski definition) is 4. The molecule has 188 valence electrons. The Kier molecular flexibility index (Phi) is 8.14. The minimum Gasteiger partial charge on any atom is -0.508 e. The molecular formula is C30H34ClN3O2. The second kappa shape index (κ2) is 11.3. The zero-order chi connectivity index (χ0) is 25.8. The van der Waals surface area contributed by atoms with Crippen LogP contribution in [0.5, 0.6) is 5.75 Å². The third kappa shape index (κ3) is 5.49. The quantitative estimate of drug-likeness (QED) is 0.402. The Bertz CT molecular complexity index is 1210. The fraction of sp³-hybridized carbons (Fsp3) is 0.300. The van der Waals surface area contributed by atoms with Crippen LogP contribution in [0.15, 0.2) is 85.5 Å². The monoisotopic (exact) mass is 503 g/mol. The van der Waals surface area contributed by atoms with E-state index in [4.69, 9.17) is 11.6 Å². The molecule has 0 aliphatic carbocycles. The Balaban J connectivity index is 1.78. The second-order valence-electron chi connectivity index (χ2n) is 9.56. The highest BCUT2D eigenvalue weighted by molar-refractivity contribution is 6.30. The van der Waals surface area contributed by atoms with E-state index >= 15 is 0 Å². The normalized spacial score (nSPS) is 19.6. The predicted molar refractivity (Wildman–Crippen MR) is 148 cm³/mol. The van der Waals surface area contributed by atoms with Crippen molar-refractivity contribution in [1.29, 1.82) is 0 Å². The summed E-state index contributed by atoms with van der Waals surface area (Å²) >= 11 is 6.06. The smallest absolute Gasteiger partial charge is 0.258 e. The topological polar surface area (TPSA) is 47.0 Å². The first-order chi connectivity index (χ1) is 17.3. The lowest BCUT2D eigenvalue weighted by Crippen LogP contribution is -2.57. The molecule has 6 heteroatoms. The molecule has 1 amide bonds. The summed E-state index contributed by atoms with van der Waals surface area (Å²) in [6.45, 7) is 10.9. The second-order valence-corrected chi connectivity index (χ2v) is 10.00. The lowest BCUT2D eigenvalue weighted by Gasteiger charge is -2.47. The van der Waals surface area contributed by atoms with Crippen LogP contribution in [-0.2, 0) is 0 Å². The molecule has 1 heterocycles. The molecule has 0 aromatic heterocycles. The third-order valence-corrected chi connectivity index (χ3v) is 7.30. The molecule has 3 aromatic rings. The number of rotatable bonds is 7. The first-order valence-electron chi connectivity index (χ1n) is 12.3. The molecule has 3 aromatic carbocycles. The molecule has 3 atom stereocenters. The van der Waals surface area contributed by atoms with Gasteiger partial charge >= 0.3 is 0 Å². The van der Waals surface area contributed by atoms with Gasteiger partial charge in [-0.2, -0.15) is 0 Å². The zero-order valence-electron chi connectivity index (χ0n) is 21.1. The SMILES string of the molecule is C=CCN1C[C@H](C)N([C@H](c2cccc(O)c2)c2ccccc2C(=O)N(C)c2ccc(Cl)cc2)C[C@H]1C. The van der Waals surface area contributed by atoms with Gasteiger partial charge in [0.2, 0.25) is 0 Å². The van der Waals surface area contributed by atoms with Gasteiger partial charge in [0.15, 0.2) is 0 Å². The van der Waals surface area contributed by atoms with Gasteiger partial charge < -0.3 is 10.0 Å². The summed E-state index contributed by atoms with van der Waals surface area (Å²) in [7, 11) is 1.78. The Morgan fingerprint density at radius 3 is 2.50 bits per heavy atom. The average molecular weight is 504 g/mol. The summed E-state index contributed by atoms with van der Waals surface area (Å²) in [6, 6.07) is 22.8. The summed E-state index contributed by atoms with van der Waals surface area (Å²) in [5.41, 5.74) is 3.29. The Morgan fingerprint density at radius 1 is 1.08 bits per heavy atom. The van der Waals surface area contributed by atoms with Crippen molar-refractivity contribution in [1.82, 2.24) is 9.80 Å². The predicted octanol–water partition coefficient (Wildman–Crippen LogP) is 5.99. The van der Waals surface area contributed by atoms with E-state index in [9.17, 15) is 9.90 Å². The lowest BCUT2D eigenvalue weighted by molar-refractivity contribution is 0.0304. The van der Waals surface area contributed by atoms with Gasteiger partial charge in [-0.3, -0.25) is 14.6 Å². The summed E-state index contributed by atoms with van der Waals surface area (Å²) in [5, 5.41) is 11.0. The van der Waals surface area contributed by atoms with E-state index in [0.717, 1.165) is 36.4 Å². The first-order valence-corrected chi connectivity index (χ1v) is 12.7. The number of hydrogen-bond donors (Lipinski definition) is 1. The van der Waals surface area contributed by atoms with Crippen LogP contribution in [0.1, 0.15) is 41.4 Å². The first kappa shape index (κ1) is 26.0. The van der Waals surface area contributed by atoms with Gasteiger partial charge in [0, 0.05) is 55.0 Å². The van der Waals surface area contributed by atoms with Crippen molar-refractivity contribution in [2.24, 2.45) is 0 Å². The van der Waals surface area contributed by atoms with Gasteiger partial charge in [-0.05, 0) is 67.4 Å². The van der Waals surface area contributed by atoms with Crippen molar-refractivity contribution in [2.75, 3.05) is 31.6 Å². The van der Waals surface area contributed by atoms with Crippen LogP contribution < -0.4 is 4.90 Å². The van der Waals surface area contributed by atoms with Crippen molar-refractivity contribution < 1.29 is 9.90 Å². The maximum Gasteiger partial charge on any atom is 0.258 e. The standard InChI is InChI=1S/C30H34ClN3O2/c1-5-17-33-19-22(3)34(20-21(33)2)29(23-9-8-10-26(35)18-23)27-11-6-7-12-28(27)30(36)32(4)25-15-13-24(31)14-16-25/h5-16,18,21-22,29,35H,1,17,19-20H2,2-4H3/t21-,22+,29-/m1/s1. The van der Waals surface area contributed by atoms with Gasteiger partial charge in [0.1, 0.15) is 5.75 Å². The Hall–Kier alpha value is -3.12. The molecule has 5 nitrogen and oxygen atoms in total. The maximum absolute atomic E-state index is 13.8. The van der Waals surface area contributed by atoms with Crippen LogP contribution >= 0.6 is 11.6 Å². The molecule has 0 bridgehead atoms. The molecule has 0 spiro atoms. The van der Waals surface area contributed by atoms with E-state index in [2.05, 4.69) is 30.2 Å². The number of phenols is 1. The number of halogens is 1. The highest BCUT2D eigenvalue weighted by Crippen LogP contribution is 2.36. The number of carbonyl (C=O) groups excluding carboxylic acids is 1. The minimum absolute atomic E-state index is 0.0935. The van der Waals surface area contributed by atoms with E-state index in [0.29, 0.717) is 16.6 Å². The number of amides is 1. The minimum atomic E-state index is -0.195. The summed E-state index contributed by atoms with van der Waals surface area (Å²) < 4.78 is 0. The molecule has 1 saturated heterocycles. The van der Waals surface area contributed by atoms with Crippen molar-refractivity contribution in [2.45, 2.75) is 32.0 Å². The Labute approximate surface area is 219 Å². The van der Waals surface area contributed by atoms with Gasteiger partial charge in [-0.1, -0.05) is 48.0 Å². The number of anilines is 1. The van der Waals surface area contributed by atoms with E-state index in [1.54, 1.807) is 30.1 Å². The Morgan fingerprint density at radius 2 is 1.81 bits per heavy atom. The molecule has 0 saturated carbocycles. The number of piperazine rings is 1. The number of aromatic hydroxyl groups is 1. The van der Waals surface area contributed by atoms with Crippen molar-refractivity contribution in [3.63, 3.8) is 0 Å².